The molecule has 17 heavy (non-hydrogen) atoms. The molecular formula is C12H17NO3S. The first-order chi connectivity index (χ1) is 8.06. The molecule has 1 N–H and O–H groups in total. The molecule has 0 unspecified atom stereocenters. The van der Waals surface area contributed by atoms with Crippen molar-refractivity contribution >= 4 is 15.5 Å². The highest BCUT2D eigenvalue weighted by molar-refractivity contribution is 7.91. The van der Waals surface area contributed by atoms with Gasteiger partial charge in [0.25, 0.3) is 0 Å². The van der Waals surface area contributed by atoms with Crippen molar-refractivity contribution < 1.29 is 13.5 Å². The molecule has 0 aliphatic carbocycles. The summed E-state index contributed by atoms with van der Waals surface area (Å²) in [5.74, 6) is 0.483. The van der Waals surface area contributed by atoms with Gasteiger partial charge in [0.05, 0.1) is 10.6 Å². The van der Waals surface area contributed by atoms with E-state index >= 15 is 0 Å². The summed E-state index contributed by atoms with van der Waals surface area (Å²) >= 11 is 0. The Labute approximate surface area is 102 Å². The number of aliphatic hydroxyl groups excluding tert-OH is 1. The summed E-state index contributed by atoms with van der Waals surface area (Å²) in [6.45, 7) is 3.55. The maximum atomic E-state index is 11.6. The number of anilines is 1. The van der Waals surface area contributed by atoms with Crippen LogP contribution in [0.1, 0.15) is 6.92 Å². The van der Waals surface area contributed by atoms with E-state index in [1.165, 1.54) is 0 Å². The molecule has 1 aliphatic rings. The molecule has 0 amide bonds. The molecule has 1 aromatic rings. The van der Waals surface area contributed by atoms with Crippen LogP contribution in [-0.2, 0) is 9.84 Å². The largest absolute Gasteiger partial charge is 0.396 e. The number of aliphatic hydroxyl groups is 1. The van der Waals surface area contributed by atoms with Crippen LogP contribution in [0.15, 0.2) is 29.2 Å². The van der Waals surface area contributed by atoms with Crippen molar-refractivity contribution in [3.8, 4) is 0 Å². The number of nitrogens with zero attached hydrogens (tertiary/aromatic N) is 1. The van der Waals surface area contributed by atoms with Crippen molar-refractivity contribution in [2.75, 3.05) is 30.3 Å². The van der Waals surface area contributed by atoms with E-state index in [9.17, 15) is 8.42 Å². The number of sulfone groups is 1. The second-order valence-electron chi connectivity index (χ2n) is 4.35. The molecule has 4 nitrogen and oxygen atoms in total. The van der Waals surface area contributed by atoms with Crippen LogP contribution < -0.4 is 4.90 Å². The van der Waals surface area contributed by atoms with Crippen LogP contribution in [0, 0.1) is 5.92 Å². The van der Waals surface area contributed by atoms with Gasteiger partial charge in [-0.15, -0.1) is 0 Å². The minimum atomic E-state index is -3.10. The summed E-state index contributed by atoms with van der Waals surface area (Å²) in [5, 5.41) is 8.93. The molecule has 0 saturated carbocycles. The van der Waals surface area contributed by atoms with Crippen LogP contribution in [0.25, 0.3) is 0 Å². The maximum Gasteiger partial charge on any atom is 0.178 e. The van der Waals surface area contributed by atoms with Crippen molar-refractivity contribution in [1.82, 2.24) is 0 Å². The van der Waals surface area contributed by atoms with Crippen LogP contribution in [0.4, 0.5) is 5.69 Å². The van der Waals surface area contributed by atoms with Gasteiger partial charge in [-0.05, 0) is 24.3 Å². The molecule has 2 rings (SSSR count). The zero-order valence-electron chi connectivity index (χ0n) is 9.83. The molecule has 1 aliphatic heterocycles. The Morgan fingerprint density at radius 3 is 2.35 bits per heavy atom. The third-order valence-corrected chi connectivity index (χ3v) is 4.91. The fourth-order valence-electron chi connectivity index (χ4n) is 1.93. The van der Waals surface area contributed by atoms with E-state index in [0.29, 0.717) is 10.8 Å². The minimum absolute atomic E-state index is 0.128. The predicted molar refractivity (Wildman–Crippen MR) is 67.0 cm³/mol. The highest BCUT2D eigenvalue weighted by atomic mass is 32.2. The molecule has 0 aromatic heterocycles. The van der Waals surface area contributed by atoms with Gasteiger partial charge in [-0.25, -0.2) is 8.42 Å². The van der Waals surface area contributed by atoms with Crippen molar-refractivity contribution in [2.24, 2.45) is 5.92 Å². The molecule has 1 aromatic carbocycles. The Kier molecular flexibility index (Phi) is 3.40. The first-order valence-corrected chi connectivity index (χ1v) is 7.40. The Hall–Kier alpha value is -1.07. The number of hydrogen-bond acceptors (Lipinski definition) is 4. The number of benzene rings is 1. The first kappa shape index (κ1) is 12.4. The average molecular weight is 255 g/mol. The van der Waals surface area contributed by atoms with E-state index in [1.807, 2.05) is 12.1 Å². The van der Waals surface area contributed by atoms with Gasteiger partial charge < -0.3 is 10.0 Å². The first-order valence-electron chi connectivity index (χ1n) is 5.75. The molecule has 5 heteroatoms. The topological polar surface area (TPSA) is 57.6 Å². The lowest BCUT2D eigenvalue weighted by atomic mass is 10.0. The predicted octanol–water partition coefficient (Wildman–Crippen LogP) is 0.909. The van der Waals surface area contributed by atoms with E-state index in [4.69, 9.17) is 5.11 Å². The smallest absolute Gasteiger partial charge is 0.178 e. The van der Waals surface area contributed by atoms with Gasteiger partial charge in [0.1, 0.15) is 0 Å². The van der Waals surface area contributed by atoms with E-state index in [-0.39, 0.29) is 12.4 Å². The molecule has 94 valence electrons. The molecule has 0 atom stereocenters. The maximum absolute atomic E-state index is 11.6. The highest BCUT2D eigenvalue weighted by Gasteiger charge is 2.26. The van der Waals surface area contributed by atoms with Gasteiger partial charge in [0.2, 0.25) is 0 Å². The third-order valence-electron chi connectivity index (χ3n) is 3.16. The molecule has 0 spiro atoms. The minimum Gasteiger partial charge on any atom is -0.396 e. The fraction of sp³-hybridized carbons (Fsp3) is 0.500. The zero-order chi connectivity index (χ0) is 12.5. The Bertz CT molecular complexity index is 475. The standard InChI is InChI=1S/C12H17NO3S/c1-2-17(15,16)12-5-3-11(4-6-12)13-7-10(8-13)9-14/h3-6,10,14H,2,7-9H2,1H3. The SMILES string of the molecule is CCS(=O)(=O)c1ccc(N2CC(CO)C2)cc1. The molecule has 1 heterocycles. The summed E-state index contributed by atoms with van der Waals surface area (Å²) in [5.41, 5.74) is 1.02. The van der Waals surface area contributed by atoms with Crippen LogP contribution in [0.3, 0.4) is 0 Å². The average Bonchev–Trinajstić information content (AvgIpc) is 2.28. The molecule has 1 fully saturated rings. The second kappa shape index (κ2) is 4.66. The fourth-order valence-corrected chi connectivity index (χ4v) is 2.81. The highest BCUT2D eigenvalue weighted by Crippen LogP contribution is 2.25. The summed E-state index contributed by atoms with van der Waals surface area (Å²) in [6.07, 6.45) is 0. The van der Waals surface area contributed by atoms with E-state index in [2.05, 4.69) is 4.90 Å². The molecule has 0 radical (unpaired) electrons. The van der Waals surface area contributed by atoms with Crippen LogP contribution in [-0.4, -0.2) is 39.0 Å². The number of hydrogen-bond donors (Lipinski definition) is 1. The molecular weight excluding hydrogens is 238 g/mol. The van der Waals surface area contributed by atoms with Crippen molar-refractivity contribution in [2.45, 2.75) is 11.8 Å². The van der Waals surface area contributed by atoms with Gasteiger partial charge >= 0.3 is 0 Å². The lowest BCUT2D eigenvalue weighted by Gasteiger charge is -2.40. The Morgan fingerprint density at radius 2 is 1.88 bits per heavy atom. The van der Waals surface area contributed by atoms with Crippen LogP contribution >= 0.6 is 0 Å². The third kappa shape index (κ3) is 2.45. The van der Waals surface area contributed by atoms with Crippen LogP contribution in [0.2, 0.25) is 0 Å². The normalized spacial score (nSPS) is 16.9. The van der Waals surface area contributed by atoms with Gasteiger partial charge in [0.15, 0.2) is 9.84 Å². The van der Waals surface area contributed by atoms with Gasteiger partial charge in [-0.2, -0.15) is 0 Å². The lowest BCUT2D eigenvalue weighted by Crippen LogP contribution is -2.48. The van der Waals surface area contributed by atoms with Crippen molar-refractivity contribution in [1.29, 1.82) is 0 Å². The monoisotopic (exact) mass is 255 g/mol. The summed E-state index contributed by atoms with van der Waals surface area (Å²) < 4.78 is 23.2. The van der Waals surface area contributed by atoms with E-state index in [0.717, 1.165) is 18.8 Å². The zero-order valence-corrected chi connectivity index (χ0v) is 10.7. The Balaban J connectivity index is 2.10. The van der Waals surface area contributed by atoms with Crippen molar-refractivity contribution in [3.05, 3.63) is 24.3 Å². The summed E-state index contributed by atoms with van der Waals surface area (Å²) in [7, 11) is -3.10. The summed E-state index contributed by atoms with van der Waals surface area (Å²) in [4.78, 5) is 2.51. The van der Waals surface area contributed by atoms with Gasteiger partial charge in [0, 0.05) is 31.3 Å². The molecule has 0 bridgehead atoms. The van der Waals surface area contributed by atoms with Gasteiger partial charge in [-0.1, -0.05) is 6.92 Å². The second-order valence-corrected chi connectivity index (χ2v) is 6.63. The van der Waals surface area contributed by atoms with E-state index in [1.54, 1.807) is 19.1 Å². The number of rotatable bonds is 4. The summed E-state index contributed by atoms with van der Waals surface area (Å²) in [6, 6.07) is 6.97. The quantitative estimate of drug-likeness (QED) is 0.869. The lowest BCUT2D eigenvalue weighted by molar-refractivity contribution is 0.201. The molecule has 1 saturated heterocycles. The van der Waals surface area contributed by atoms with Gasteiger partial charge in [-0.3, -0.25) is 0 Å². The van der Waals surface area contributed by atoms with Crippen molar-refractivity contribution in [3.63, 3.8) is 0 Å². The van der Waals surface area contributed by atoms with E-state index < -0.39 is 9.84 Å². The van der Waals surface area contributed by atoms with Crippen LogP contribution in [0.5, 0.6) is 0 Å². The Morgan fingerprint density at radius 1 is 1.29 bits per heavy atom.